The van der Waals surface area contributed by atoms with Crippen LogP contribution < -0.4 is 0 Å². The van der Waals surface area contributed by atoms with Gasteiger partial charge in [-0.2, -0.15) is 0 Å². The first-order chi connectivity index (χ1) is 6.82. The summed E-state index contributed by atoms with van der Waals surface area (Å²) in [6.07, 6.45) is 4.64. The van der Waals surface area contributed by atoms with Gasteiger partial charge in [-0.05, 0) is 19.4 Å². The van der Waals surface area contributed by atoms with Gasteiger partial charge in [-0.25, -0.2) is 18.4 Å². The number of aryl methyl sites for hydroxylation is 1. The van der Waals surface area contributed by atoms with Crippen LogP contribution in [0.1, 0.15) is 31.2 Å². The highest BCUT2D eigenvalue weighted by molar-refractivity contribution is 7.91. The van der Waals surface area contributed by atoms with Crippen molar-refractivity contribution in [2.75, 3.05) is 6.26 Å². The zero-order valence-electron chi connectivity index (χ0n) is 9.43. The molecule has 0 N–H and O–H groups in total. The molecule has 0 bridgehead atoms. The molecule has 84 valence electrons. The second kappa shape index (κ2) is 4.26. The number of hydrogen-bond acceptors (Lipinski definition) is 4. The van der Waals surface area contributed by atoms with E-state index in [2.05, 4.69) is 9.97 Å². The lowest BCUT2D eigenvalue weighted by atomic mass is 10.1. The van der Waals surface area contributed by atoms with E-state index >= 15 is 0 Å². The maximum absolute atomic E-state index is 11.4. The monoisotopic (exact) mass is 228 g/mol. The van der Waals surface area contributed by atoms with E-state index in [4.69, 9.17) is 0 Å². The van der Waals surface area contributed by atoms with Crippen LogP contribution in [0.15, 0.2) is 12.4 Å². The summed E-state index contributed by atoms with van der Waals surface area (Å²) in [5.41, 5.74) is 0.970. The number of aromatic nitrogens is 2. The summed E-state index contributed by atoms with van der Waals surface area (Å²) in [5, 5.41) is -0.458. The highest BCUT2D eigenvalue weighted by atomic mass is 32.2. The van der Waals surface area contributed by atoms with Crippen molar-refractivity contribution < 1.29 is 8.42 Å². The molecule has 0 saturated carbocycles. The van der Waals surface area contributed by atoms with Gasteiger partial charge in [0.25, 0.3) is 0 Å². The molecule has 1 aromatic rings. The topological polar surface area (TPSA) is 59.9 Å². The zero-order chi connectivity index (χ0) is 11.6. The summed E-state index contributed by atoms with van der Waals surface area (Å²) in [4.78, 5) is 8.27. The molecule has 15 heavy (non-hydrogen) atoms. The van der Waals surface area contributed by atoms with Crippen LogP contribution in [0.25, 0.3) is 0 Å². The van der Waals surface area contributed by atoms with Crippen LogP contribution in [0.4, 0.5) is 0 Å². The summed E-state index contributed by atoms with van der Waals surface area (Å²) < 4.78 is 22.7. The third kappa shape index (κ3) is 2.99. The molecule has 0 fully saturated rings. The van der Waals surface area contributed by atoms with Gasteiger partial charge in [-0.1, -0.05) is 6.92 Å². The Balaban J connectivity index is 2.95. The fourth-order valence-electron chi connectivity index (χ4n) is 1.22. The number of hydrogen-bond donors (Lipinski definition) is 0. The van der Waals surface area contributed by atoms with Crippen molar-refractivity contribution in [2.45, 2.75) is 31.9 Å². The minimum atomic E-state index is -3.04. The third-order valence-electron chi connectivity index (χ3n) is 2.59. The van der Waals surface area contributed by atoms with Gasteiger partial charge in [0, 0.05) is 24.6 Å². The van der Waals surface area contributed by atoms with E-state index in [0.717, 1.165) is 5.56 Å². The second-order valence-electron chi connectivity index (χ2n) is 3.94. The minimum Gasteiger partial charge on any atom is -0.241 e. The summed E-state index contributed by atoms with van der Waals surface area (Å²) in [6, 6.07) is 0. The fourth-order valence-corrected chi connectivity index (χ4v) is 2.08. The molecule has 2 atom stereocenters. The van der Waals surface area contributed by atoms with Crippen molar-refractivity contribution in [2.24, 2.45) is 0 Å². The lowest BCUT2D eigenvalue weighted by Crippen LogP contribution is -2.23. The van der Waals surface area contributed by atoms with Crippen LogP contribution in [-0.4, -0.2) is 29.9 Å². The molecule has 5 heteroatoms. The molecule has 0 spiro atoms. The van der Waals surface area contributed by atoms with Crippen LogP contribution in [0.5, 0.6) is 0 Å². The maximum Gasteiger partial charge on any atom is 0.150 e. The molecule has 0 aliphatic rings. The summed E-state index contributed by atoms with van der Waals surface area (Å²) >= 11 is 0. The highest BCUT2D eigenvalue weighted by Gasteiger charge is 2.25. The van der Waals surface area contributed by atoms with Gasteiger partial charge < -0.3 is 0 Å². The van der Waals surface area contributed by atoms with Gasteiger partial charge in [0.1, 0.15) is 5.82 Å². The molecule has 0 aliphatic heterocycles. The maximum atomic E-state index is 11.4. The first kappa shape index (κ1) is 12.1. The molecule has 0 unspecified atom stereocenters. The predicted octanol–water partition coefficient (Wildman–Crippen LogP) is 1.32. The van der Waals surface area contributed by atoms with Crippen molar-refractivity contribution in [3.63, 3.8) is 0 Å². The summed E-state index contributed by atoms with van der Waals surface area (Å²) in [7, 11) is -3.04. The molecule has 1 heterocycles. The van der Waals surface area contributed by atoms with Crippen molar-refractivity contribution in [3.8, 4) is 0 Å². The number of rotatable bonds is 3. The second-order valence-corrected chi connectivity index (χ2v) is 6.34. The Hall–Kier alpha value is -0.970. The lowest BCUT2D eigenvalue weighted by Gasteiger charge is -2.16. The molecule has 0 radical (unpaired) electrons. The standard InChI is InChI=1S/C10H16N2O2S/c1-7-5-11-10(12-6-7)8(2)9(3)15(4,13)14/h5-6,8-9H,1-4H3/t8-,9-/m1/s1. The first-order valence-corrected chi connectivity index (χ1v) is 6.75. The van der Waals surface area contributed by atoms with Crippen LogP contribution in [-0.2, 0) is 9.84 Å². The van der Waals surface area contributed by atoms with E-state index < -0.39 is 15.1 Å². The van der Waals surface area contributed by atoms with E-state index in [1.807, 2.05) is 13.8 Å². The molecule has 0 aliphatic carbocycles. The third-order valence-corrected chi connectivity index (χ3v) is 4.35. The van der Waals surface area contributed by atoms with E-state index in [9.17, 15) is 8.42 Å². The Kier molecular flexibility index (Phi) is 3.44. The molecule has 0 amide bonds. The van der Waals surface area contributed by atoms with Crippen molar-refractivity contribution >= 4 is 9.84 Å². The Morgan fingerprint density at radius 1 is 1.20 bits per heavy atom. The number of nitrogens with zero attached hydrogens (tertiary/aromatic N) is 2. The Morgan fingerprint density at radius 3 is 2.07 bits per heavy atom. The Morgan fingerprint density at radius 2 is 1.67 bits per heavy atom. The van der Waals surface area contributed by atoms with Gasteiger partial charge in [-0.3, -0.25) is 0 Å². The summed E-state index contributed by atoms with van der Waals surface area (Å²) in [6.45, 7) is 5.41. The molecular formula is C10H16N2O2S. The molecule has 1 aromatic heterocycles. The average molecular weight is 228 g/mol. The van der Waals surface area contributed by atoms with E-state index in [1.54, 1.807) is 19.3 Å². The Labute approximate surface area is 90.7 Å². The van der Waals surface area contributed by atoms with Crippen LogP contribution in [0.3, 0.4) is 0 Å². The Bertz CT molecular complexity index is 425. The first-order valence-electron chi connectivity index (χ1n) is 4.79. The zero-order valence-corrected chi connectivity index (χ0v) is 10.2. The van der Waals surface area contributed by atoms with Gasteiger partial charge >= 0.3 is 0 Å². The largest absolute Gasteiger partial charge is 0.241 e. The van der Waals surface area contributed by atoms with Crippen LogP contribution in [0.2, 0.25) is 0 Å². The van der Waals surface area contributed by atoms with Gasteiger partial charge in [0.15, 0.2) is 9.84 Å². The molecule has 1 rings (SSSR count). The predicted molar refractivity (Wildman–Crippen MR) is 59.5 cm³/mol. The van der Waals surface area contributed by atoms with Crippen LogP contribution >= 0.6 is 0 Å². The van der Waals surface area contributed by atoms with Crippen molar-refractivity contribution in [1.29, 1.82) is 0 Å². The smallest absolute Gasteiger partial charge is 0.150 e. The SMILES string of the molecule is Cc1cnc([C@H](C)[C@@H](C)S(C)(=O)=O)nc1. The quantitative estimate of drug-likeness (QED) is 0.783. The number of sulfone groups is 1. The van der Waals surface area contributed by atoms with Crippen LogP contribution in [0, 0.1) is 6.92 Å². The minimum absolute atomic E-state index is 0.180. The van der Waals surface area contributed by atoms with Gasteiger partial charge in [-0.15, -0.1) is 0 Å². The van der Waals surface area contributed by atoms with E-state index in [0.29, 0.717) is 5.82 Å². The molecular weight excluding hydrogens is 212 g/mol. The summed E-state index contributed by atoms with van der Waals surface area (Å²) in [5.74, 6) is 0.402. The highest BCUT2D eigenvalue weighted by Crippen LogP contribution is 2.20. The van der Waals surface area contributed by atoms with Crippen molar-refractivity contribution in [3.05, 3.63) is 23.8 Å². The molecule has 0 aromatic carbocycles. The molecule has 4 nitrogen and oxygen atoms in total. The van der Waals surface area contributed by atoms with E-state index in [-0.39, 0.29) is 5.92 Å². The van der Waals surface area contributed by atoms with Gasteiger partial charge in [0.05, 0.1) is 5.25 Å². The molecule has 0 saturated heterocycles. The fraction of sp³-hybridized carbons (Fsp3) is 0.600. The lowest BCUT2D eigenvalue weighted by molar-refractivity contribution is 0.568. The normalized spacial score (nSPS) is 16.0. The van der Waals surface area contributed by atoms with Gasteiger partial charge in [0.2, 0.25) is 0 Å². The van der Waals surface area contributed by atoms with Crippen molar-refractivity contribution in [1.82, 2.24) is 9.97 Å². The van der Waals surface area contributed by atoms with E-state index in [1.165, 1.54) is 6.26 Å². The average Bonchev–Trinajstić information content (AvgIpc) is 2.15.